The molecule has 0 aliphatic heterocycles. The van der Waals surface area contributed by atoms with Gasteiger partial charge in [0.25, 0.3) is 0 Å². The molecule has 3 rings (SSSR count). The lowest BCUT2D eigenvalue weighted by atomic mass is 10.1. The fourth-order valence-electron chi connectivity index (χ4n) is 2.29. The van der Waals surface area contributed by atoms with Crippen LogP contribution >= 0.6 is 23.4 Å². The standard InChI is InChI=1S/C16H13ClF3N3S/c1-9-3-4-10(2)11(5-9)8-24-15-22-21-14-13(17)6-12(7-23(14)15)16(18,19)20/h3-7H,8H2,1-2H3. The van der Waals surface area contributed by atoms with E-state index in [-0.39, 0.29) is 10.7 Å². The van der Waals surface area contributed by atoms with Gasteiger partial charge in [-0.2, -0.15) is 13.2 Å². The van der Waals surface area contributed by atoms with Gasteiger partial charge in [0, 0.05) is 11.9 Å². The van der Waals surface area contributed by atoms with Gasteiger partial charge in [0.15, 0.2) is 10.8 Å². The number of halogens is 4. The molecule has 8 heteroatoms. The summed E-state index contributed by atoms with van der Waals surface area (Å²) in [6.45, 7) is 3.99. The lowest BCUT2D eigenvalue weighted by Crippen LogP contribution is -2.07. The monoisotopic (exact) mass is 371 g/mol. The highest BCUT2D eigenvalue weighted by atomic mass is 35.5. The van der Waals surface area contributed by atoms with Gasteiger partial charge in [-0.1, -0.05) is 47.1 Å². The summed E-state index contributed by atoms with van der Waals surface area (Å²) < 4.78 is 40.2. The van der Waals surface area contributed by atoms with Gasteiger partial charge in [-0.25, -0.2) is 0 Å². The highest BCUT2D eigenvalue weighted by Crippen LogP contribution is 2.33. The van der Waals surface area contributed by atoms with Gasteiger partial charge in [-0.3, -0.25) is 4.40 Å². The van der Waals surface area contributed by atoms with Crippen molar-refractivity contribution < 1.29 is 13.2 Å². The zero-order chi connectivity index (χ0) is 17.5. The first kappa shape index (κ1) is 17.1. The summed E-state index contributed by atoms with van der Waals surface area (Å²) in [6.07, 6.45) is -3.50. The number of nitrogens with zero attached hydrogens (tertiary/aromatic N) is 3. The molecular formula is C16H13ClF3N3S. The molecule has 0 saturated heterocycles. The molecule has 126 valence electrons. The highest BCUT2D eigenvalue weighted by Gasteiger charge is 2.32. The van der Waals surface area contributed by atoms with Gasteiger partial charge in [-0.15, -0.1) is 10.2 Å². The number of thioether (sulfide) groups is 1. The minimum absolute atomic E-state index is 0.0732. The van der Waals surface area contributed by atoms with Crippen molar-refractivity contribution in [1.29, 1.82) is 0 Å². The number of pyridine rings is 1. The summed E-state index contributed by atoms with van der Waals surface area (Å²) >= 11 is 7.24. The van der Waals surface area contributed by atoms with Crippen LogP contribution in [-0.2, 0) is 11.9 Å². The van der Waals surface area contributed by atoms with Crippen molar-refractivity contribution in [3.8, 4) is 0 Å². The second-order valence-corrected chi connectivity index (χ2v) is 6.82. The Bertz CT molecular complexity index is 905. The van der Waals surface area contributed by atoms with Gasteiger partial charge < -0.3 is 0 Å². The van der Waals surface area contributed by atoms with E-state index in [9.17, 15) is 13.2 Å². The Labute approximate surface area is 145 Å². The maximum Gasteiger partial charge on any atom is 0.417 e. The van der Waals surface area contributed by atoms with Crippen LogP contribution in [0.2, 0.25) is 5.02 Å². The highest BCUT2D eigenvalue weighted by molar-refractivity contribution is 7.98. The Morgan fingerprint density at radius 1 is 1.17 bits per heavy atom. The fraction of sp³-hybridized carbons (Fsp3) is 0.250. The van der Waals surface area contributed by atoms with Crippen molar-refractivity contribution in [3.05, 3.63) is 57.7 Å². The molecule has 0 N–H and O–H groups in total. The van der Waals surface area contributed by atoms with E-state index in [1.54, 1.807) is 0 Å². The third-order valence-corrected chi connectivity index (χ3v) is 4.89. The molecule has 1 aromatic carbocycles. The first-order chi connectivity index (χ1) is 11.3. The average Bonchev–Trinajstić information content (AvgIpc) is 2.91. The topological polar surface area (TPSA) is 30.2 Å². The molecule has 3 nitrogen and oxygen atoms in total. The van der Waals surface area contributed by atoms with Crippen molar-refractivity contribution in [3.63, 3.8) is 0 Å². The number of fused-ring (bicyclic) bond motifs is 1. The van der Waals surface area contributed by atoms with E-state index in [4.69, 9.17) is 11.6 Å². The van der Waals surface area contributed by atoms with Crippen molar-refractivity contribution in [2.75, 3.05) is 0 Å². The summed E-state index contributed by atoms with van der Waals surface area (Å²) in [5, 5.41) is 8.16. The van der Waals surface area contributed by atoms with E-state index >= 15 is 0 Å². The van der Waals surface area contributed by atoms with E-state index in [1.807, 2.05) is 26.0 Å². The molecule has 0 aliphatic rings. The molecule has 0 spiro atoms. The molecule has 0 fully saturated rings. The molecule has 2 heterocycles. The fourth-order valence-corrected chi connectivity index (χ4v) is 3.50. The second-order valence-electron chi connectivity index (χ2n) is 5.47. The van der Waals surface area contributed by atoms with Crippen LogP contribution in [0.25, 0.3) is 5.65 Å². The summed E-state index contributed by atoms with van der Waals surface area (Å²) in [5.41, 5.74) is 2.75. The molecule has 3 aromatic rings. The summed E-state index contributed by atoms with van der Waals surface area (Å²) in [5.74, 6) is 0.585. The van der Waals surface area contributed by atoms with Crippen LogP contribution in [0.5, 0.6) is 0 Å². The molecule has 24 heavy (non-hydrogen) atoms. The lowest BCUT2D eigenvalue weighted by molar-refractivity contribution is -0.137. The van der Waals surface area contributed by atoms with E-state index in [0.29, 0.717) is 10.9 Å². The SMILES string of the molecule is Cc1ccc(C)c(CSc2nnc3c(Cl)cc(C(F)(F)F)cn23)c1. The van der Waals surface area contributed by atoms with E-state index < -0.39 is 11.7 Å². The number of aryl methyl sites for hydroxylation is 2. The maximum absolute atomic E-state index is 13.0. The van der Waals surface area contributed by atoms with Gasteiger partial charge >= 0.3 is 6.18 Å². The normalized spacial score (nSPS) is 12.1. The first-order valence-corrected chi connectivity index (χ1v) is 8.42. The minimum Gasteiger partial charge on any atom is -0.276 e. The summed E-state index contributed by atoms with van der Waals surface area (Å²) in [4.78, 5) is 0. The smallest absolute Gasteiger partial charge is 0.276 e. The number of hydrogen-bond acceptors (Lipinski definition) is 3. The number of hydrogen-bond donors (Lipinski definition) is 0. The van der Waals surface area contributed by atoms with Crippen LogP contribution in [0.3, 0.4) is 0 Å². The lowest BCUT2D eigenvalue weighted by Gasteiger charge is -2.09. The van der Waals surface area contributed by atoms with Crippen molar-refractivity contribution >= 4 is 29.0 Å². The molecular weight excluding hydrogens is 359 g/mol. The predicted octanol–water partition coefficient (Wildman–Crippen LogP) is 5.31. The Balaban J connectivity index is 1.95. The van der Waals surface area contributed by atoms with Gasteiger partial charge in [0.1, 0.15) is 0 Å². The number of alkyl halides is 3. The van der Waals surface area contributed by atoms with Crippen molar-refractivity contribution in [1.82, 2.24) is 14.6 Å². The molecule has 0 atom stereocenters. The minimum atomic E-state index is -4.48. The molecule has 0 radical (unpaired) electrons. The molecule has 0 aliphatic carbocycles. The van der Waals surface area contributed by atoms with E-state index in [0.717, 1.165) is 29.0 Å². The Kier molecular flexibility index (Phi) is 4.48. The number of benzene rings is 1. The third kappa shape index (κ3) is 3.37. The quantitative estimate of drug-likeness (QED) is 0.584. The molecule has 2 aromatic heterocycles. The van der Waals surface area contributed by atoms with E-state index in [2.05, 4.69) is 16.3 Å². The van der Waals surface area contributed by atoms with Crippen LogP contribution in [-0.4, -0.2) is 14.6 Å². The first-order valence-electron chi connectivity index (χ1n) is 7.06. The summed E-state index contributed by atoms with van der Waals surface area (Å²) in [6, 6.07) is 6.96. The number of rotatable bonds is 3. The Morgan fingerprint density at radius 2 is 1.92 bits per heavy atom. The Morgan fingerprint density at radius 3 is 2.62 bits per heavy atom. The Hall–Kier alpha value is -1.73. The second kappa shape index (κ2) is 6.29. The van der Waals surface area contributed by atoms with E-state index in [1.165, 1.54) is 16.2 Å². The van der Waals surface area contributed by atoms with Gasteiger partial charge in [0.2, 0.25) is 0 Å². The largest absolute Gasteiger partial charge is 0.417 e. The molecule has 0 unspecified atom stereocenters. The van der Waals surface area contributed by atoms with Crippen LogP contribution in [0.4, 0.5) is 13.2 Å². The van der Waals surface area contributed by atoms with Crippen LogP contribution in [0.15, 0.2) is 35.6 Å². The van der Waals surface area contributed by atoms with Gasteiger partial charge in [0.05, 0.1) is 10.6 Å². The predicted molar refractivity (Wildman–Crippen MR) is 88.5 cm³/mol. The van der Waals surface area contributed by atoms with Crippen molar-refractivity contribution in [2.45, 2.75) is 30.9 Å². The van der Waals surface area contributed by atoms with Gasteiger partial charge in [-0.05, 0) is 31.0 Å². The average molecular weight is 372 g/mol. The zero-order valence-corrected chi connectivity index (χ0v) is 14.4. The number of aromatic nitrogens is 3. The third-order valence-electron chi connectivity index (χ3n) is 3.62. The van der Waals surface area contributed by atoms with Crippen LogP contribution in [0, 0.1) is 13.8 Å². The van der Waals surface area contributed by atoms with Crippen LogP contribution < -0.4 is 0 Å². The summed E-state index contributed by atoms with van der Waals surface area (Å²) in [7, 11) is 0. The van der Waals surface area contributed by atoms with Crippen molar-refractivity contribution in [2.24, 2.45) is 0 Å². The molecule has 0 bridgehead atoms. The zero-order valence-electron chi connectivity index (χ0n) is 12.9. The molecule has 0 saturated carbocycles. The van der Waals surface area contributed by atoms with Crippen LogP contribution in [0.1, 0.15) is 22.3 Å². The molecule has 0 amide bonds. The maximum atomic E-state index is 13.0.